The van der Waals surface area contributed by atoms with E-state index in [4.69, 9.17) is 19.9 Å². The zero-order valence-corrected chi connectivity index (χ0v) is 28.2. The molecule has 1 aromatic rings. The van der Waals surface area contributed by atoms with E-state index in [1.165, 1.54) is 33.3 Å². The maximum Gasteiger partial charge on any atom is 0.405 e. The number of hydrogen-bond acceptors (Lipinski definition) is 12. The SMILES string of the molecule is COC1/C=C\C=C(/C)C(=O)NC2=CC(=O)C(NC(=O)c3snnc3C)=C(CC(C)CC(OC)C(O)C(C)/C=C(\C)C1OC(N)=O)C2=O. The first-order valence-electron chi connectivity index (χ1n) is 14.9. The van der Waals surface area contributed by atoms with Gasteiger partial charge in [-0.25, -0.2) is 4.79 Å². The van der Waals surface area contributed by atoms with Crippen LogP contribution in [-0.4, -0.2) is 82.8 Å². The number of Topliss-reactive ketones (excluding diaryl/α,β-unsaturated/α-hetero) is 1. The van der Waals surface area contributed by atoms with Gasteiger partial charge in [-0.3, -0.25) is 19.2 Å². The number of aliphatic hydroxyl groups excluding tert-OH is 1. The summed E-state index contributed by atoms with van der Waals surface area (Å²) in [4.78, 5) is 65.3. The summed E-state index contributed by atoms with van der Waals surface area (Å²) in [6, 6.07) is 0. The number of primary amides is 1. The lowest BCUT2D eigenvalue weighted by molar-refractivity contribution is -0.120. The molecule has 14 nitrogen and oxygen atoms in total. The van der Waals surface area contributed by atoms with Crippen LogP contribution in [-0.2, 0) is 28.6 Å². The van der Waals surface area contributed by atoms with Crippen molar-refractivity contribution in [2.24, 2.45) is 17.6 Å². The van der Waals surface area contributed by atoms with E-state index < -0.39 is 59.8 Å². The quantitative estimate of drug-likeness (QED) is 0.264. The Morgan fingerprint density at radius 1 is 1.13 bits per heavy atom. The van der Waals surface area contributed by atoms with Gasteiger partial charge in [-0.1, -0.05) is 42.6 Å². The van der Waals surface area contributed by atoms with Crippen LogP contribution >= 0.6 is 11.5 Å². The molecule has 0 aromatic carbocycles. The van der Waals surface area contributed by atoms with Crippen molar-refractivity contribution in [2.45, 2.75) is 71.9 Å². The van der Waals surface area contributed by atoms with Crippen molar-refractivity contribution in [3.05, 3.63) is 69.1 Å². The maximum absolute atomic E-state index is 13.8. The van der Waals surface area contributed by atoms with Gasteiger partial charge in [0.1, 0.15) is 11.0 Å². The Labute approximate surface area is 276 Å². The minimum absolute atomic E-state index is 0.00471. The highest BCUT2D eigenvalue weighted by Gasteiger charge is 2.34. The van der Waals surface area contributed by atoms with Gasteiger partial charge in [-0.05, 0) is 56.6 Å². The molecule has 6 atom stereocenters. The van der Waals surface area contributed by atoms with E-state index in [1.54, 1.807) is 32.9 Å². The molecule has 0 fully saturated rings. The topological polar surface area (TPSA) is 209 Å². The molecule has 3 amide bonds. The number of ketones is 2. The van der Waals surface area contributed by atoms with E-state index >= 15 is 0 Å². The molecule has 15 heteroatoms. The second-order valence-corrected chi connectivity index (χ2v) is 12.3. The highest BCUT2D eigenvalue weighted by Crippen LogP contribution is 2.29. The molecule has 1 aliphatic heterocycles. The second-order valence-electron chi connectivity index (χ2n) is 11.6. The summed E-state index contributed by atoms with van der Waals surface area (Å²) in [5.74, 6) is -3.49. The number of nitrogens with two attached hydrogens (primary N) is 1. The first kappa shape index (κ1) is 37.2. The molecule has 1 aromatic heterocycles. The number of ether oxygens (including phenoxy) is 3. The van der Waals surface area contributed by atoms with Crippen molar-refractivity contribution in [2.75, 3.05) is 14.2 Å². The smallest absolute Gasteiger partial charge is 0.405 e. The number of methoxy groups -OCH3 is 2. The van der Waals surface area contributed by atoms with Gasteiger partial charge in [0, 0.05) is 37.4 Å². The Bertz CT molecular complexity index is 1560. The Balaban J connectivity index is 2.10. The molecular formula is C32H41N5O9S. The normalized spacial score (nSPS) is 29.5. The summed E-state index contributed by atoms with van der Waals surface area (Å²) in [7, 11) is 2.86. The highest BCUT2D eigenvalue weighted by molar-refractivity contribution is 7.08. The summed E-state index contributed by atoms with van der Waals surface area (Å²) in [5.41, 5.74) is 5.96. The molecule has 5 N–H and O–H groups in total. The number of hydrogen-bond donors (Lipinski definition) is 4. The highest BCUT2D eigenvalue weighted by atomic mass is 32.1. The fourth-order valence-corrected chi connectivity index (χ4v) is 5.88. The average molecular weight is 672 g/mol. The Morgan fingerprint density at radius 2 is 1.83 bits per heavy atom. The number of nitrogens with zero attached hydrogens (tertiary/aromatic N) is 2. The molecule has 6 unspecified atom stereocenters. The molecular weight excluding hydrogens is 630 g/mol. The van der Waals surface area contributed by atoms with E-state index in [0.29, 0.717) is 11.3 Å². The number of carbonyl (C=O) groups excluding carboxylic acids is 5. The largest absolute Gasteiger partial charge is 0.439 e. The van der Waals surface area contributed by atoms with Crippen molar-refractivity contribution in [3.8, 4) is 0 Å². The van der Waals surface area contributed by atoms with E-state index in [1.807, 2.05) is 6.92 Å². The lowest BCUT2D eigenvalue weighted by Crippen LogP contribution is -2.38. The first-order valence-corrected chi connectivity index (χ1v) is 15.6. The predicted octanol–water partition coefficient (Wildman–Crippen LogP) is 2.35. The molecule has 47 heavy (non-hydrogen) atoms. The zero-order valence-electron chi connectivity index (χ0n) is 27.4. The molecule has 0 saturated heterocycles. The average Bonchev–Trinajstić information content (AvgIpc) is 3.45. The molecule has 2 heterocycles. The van der Waals surface area contributed by atoms with E-state index in [2.05, 4.69) is 20.2 Å². The number of fused-ring (bicyclic) bond motifs is 2. The van der Waals surface area contributed by atoms with Crippen LogP contribution in [0.25, 0.3) is 0 Å². The number of aliphatic hydroxyl groups is 1. The van der Waals surface area contributed by atoms with Gasteiger partial charge in [0.05, 0.1) is 29.3 Å². The fourth-order valence-electron chi connectivity index (χ4n) is 5.33. The summed E-state index contributed by atoms with van der Waals surface area (Å²) < 4.78 is 20.3. The third-order valence-corrected chi connectivity index (χ3v) is 8.72. The summed E-state index contributed by atoms with van der Waals surface area (Å²) >= 11 is 0.848. The van der Waals surface area contributed by atoms with Crippen LogP contribution in [0.3, 0.4) is 0 Å². The molecule has 254 valence electrons. The molecule has 2 aliphatic rings. The van der Waals surface area contributed by atoms with Crippen LogP contribution in [0.4, 0.5) is 4.79 Å². The monoisotopic (exact) mass is 671 g/mol. The maximum atomic E-state index is 13.8. The van der Waals surface area contributed by atoms with E-state index in [9.17, 15) is 29.1 Å². The zero-order chi connectivity index (χ0) is 35.0. The number of amides is 3. The standard InChI is InChI=1S/C32H41N5O9S/c1-15-11-20-25(35-31(42)29-19(5)36-37-47-29)22(38)14-21(27(20)40)34-30(41)16(2)9-8-10-23(44-6)28(46-32(33)43)18(4)13-17(3)26(39)24(12-15)45-7/h8-10,13-15,17,23-24,26,28,39H,11-12H2,1-7H3,(H2,33,43)(H,34,41)(H,35,42)/b10-8-,16-9+,18-13+. The second kappa shape index (κ2) is 16.5. The number of aryl methyl sites for hydroxylation is 1. The Hall–Kier alpha value is -4.31. The Kier molecular flexibility index (Phi) is 13.0. The van der Waals surface area contributed by atoms with Crippen LogP contribution in [0.1, 0.15) is 55.9 Å². The number of aromatic nitrogens is 2. The van der Waals surface area contributed by atoms with Gasteiger partial charge >= 0.3 is 6.09 Å². The predicted molar refractivity (Wildman–Crippen MR) is 172 cm³/mol. The molecule has 0 spiro atoms. The minimum atomic E-state index is -1.04. The lowest BCUT2D eigenvalue weighted by atomic mass is 9.85. The molecule has 3 rings (SSSR count). The summed E-state index contributed by atoms with van der Waals surface area (Å²) in [6.07, 6.45) is 2.92. The van der Waals surface area contributed by atoms with Crippen LogP contribution in [0.2, 0.25) is 0 Å². The van der Waals surface area contributed by atoms with Crippen molar-refractivity contribution < 1.29 is 43.3 Å². The third kappa shape index (κ3) is 9.38. The van der Waals surface area contributed by atoms with Crippen molar-refractivity contribution in [1.29, 1.82) is 0 Å². The number of rotatable bonds is 5. The third-order valence-electron chi connectivity index (χ3n) is 7.89. The number of allylic oxidation sites excluding steroid dienone is 4. The molecule has 2 bridgehead atoms. The number of carbonyl (C=O) groups is 5. The summed E-state index contributed by atoms with van der Waals surface area (Å²) in [5, 5.41) is 20.2. The lowest BCUT2D eigenvalue weighted by Gasteiger charge is -2.30. The molecule has 0 saturated carbocycles. The first-order chi connectivity index (χ1) is 22.2. The molecule has 1 aliphatic carbocycles. The van der Waals surface area contributed by atoms with E-state index in [-0.39, 0.29) is 46.2 Å². The van der Waals surface area contributed by atoms with Gasteiger partial charge in [-0.2, -0.15) is 0 Å². The van der Waals surface area contributed by atoms with Crippen LogP contribution in [0.15, 0.2) is 58.5 Å². The van der Waals surface area contributed by atoms with E-state index in [0.717, 1.165) is 17.6 Å². The van der Waals surface area contributed by atoms with Crippen molar-refractivity contribution in [1.82, 2.24) is 20.2 Å². The van der Waals surface area contributed by atoms with Crippen molar-refractivity contribution >= 4 is 41.0 Å². The molecule has 0 radical (unpaired) electrons. The number of nitrogens with one attached hydrogen (secondary N) is 2. The van der Waals surface area contributed by atoms with Crippen LogP contribution < -0.4 is 16.4 Å². The van der Waals surface area contributed by atoms with Crippen LogP contribution in [0, 0.1) is 18.8 Å². The van der Waals surface area contributed by atoms with Crippen molar-refractivity contribution in [3.63, 3.8) is 0 Å². The minimum Gasteiger partial charge on any atom is -0.439 e. The van der Waals surface area contributed by atoms with Gasteiger partial charge < -0.3 is 35.7 Å². The van der Waals surface area contributed by atoms with Gasteiger partial charge in [0.2, 0.25) is 11.6 Å². The van der Waals surface area contributed by atoms with Gasteiger partial charge in [0.25, 0.3) is 11.8 Å². The van der Waals surface area contributed by atoms with Gasteiger partial charge in [-0.15, -0.1) is 5.10 Å². The fraction of sp³-hybridized carbons (Fsp3) is 0.469. The Morgan fingerprint density at radius 3 is 2.43 bits per heavy atom. The summed E-state index contributed by atoms with van der Waals surface area (Å²) in [6.45, 7) is 8.39. The van der Waals surface area contributed by atoms with Crippen LogP contribution in [0.5, 0.6) is 0 Å². The van der Waals surface area contributed by atoms with Gasteiger partial charge in [0.15, 0.2) is 6.10 Å².